The monoisotopic (exact) mass is 576 g/mol. The number of ketones is 1. The Kier molecular flexibility index (Phi) is 7.80. The summed E-state index contributed by atoms with van der Waals surface area (Å²) in [6, 6.07) is 12.6. The standard InChI is InChI=1S/C30H28N2O8S/c1-5-6-13-39-20-12-11-18(15-21(20)37-3)24-23(25(33)22-14-17-9-7-8-10-19(17)40-22)26(34)28(35)32(24)30-31-16(2)27(41-30)29(36)38-4/h7-12,14-15,24,34H,5-6,13H2,1-4H3. The van der Waals surface area contributed by atoms with E-state index in [1.165, 1.54) is 19.1 Å². The third kappa shape index (κ3) is 5.04. The molecule has 3 heterocycles. The molecule has 0 saturated heterocycles. The smallest absolute Gasteiger partial charge is 0.350 e. The van der Waals surface area contributed by atoms with Crippen molar-refractivity contribution in [3.63, 3.8) is 0 Å². The van der Waals surface area contributed by atoms with E-state index in [0.29, 0.717) is 40.3 Å². The molecule has 4 aromatic rings. The van der Waals surface area contributed by atoms with E-state index in [4.69, 9.17) is 18.6 Å². The van der Waals surface area contributed by atoms with Crippen LogP contribution in [0.4, 0.5) is 5.13 Å². The first-order chi connectivity index (χ1) is 19.8. The highest BCUT2D eigenvalue weighted by Crippen LogP contribution is 2.45. The van der Waals surface area contributed by atoms with Gasteiger partial charge in [-0.1, -0.05) is 48.9 Å². The maximum Gasteiger partial charge on any atom is 0.350 e. The van der Waals surface area contributed by atoms with Gasteiger partial charge in [-0.25, -0.2) is 9.78 Å². The molecule has 212 valence electrons. The lowest BCUT2D eigenvalue weighted by atomic mass is 9.95. The Morgan fingerprint density at radius 2 is 1.90 bits per heavy atom. The number of aromatic nitrogens is 1. The van der Waals surface area contributed by atoms with E-state index >= 15 is 0 Å². The summed E-state index contributed by atoms with van der Waals surface area (Å²) >= 11 is 0.925. The molecule has 1 unspecified atom stereocenters. The minimum absolute atomic E-state index is 0.0375. The number of amides is 1. The van der Waals surface area contributed by atoms with Gasteiger partial charge in [0.2, 0.25) is 5.78 Å². The molecule has 1 N–H and O–H groups in total. The first-order valence-electron chi connectivity index (χ1n) is 12.9. The molecule has 1 atom stereocenters. The van der Waals surface area contributed by atoms with E-state index in [0.717, 1.165) is 24.2 Å². The predicted molar refractivity (Wildman–Crippen MR) is 152 cm³/mol. The Morgan fingerprint density at radius 3 is 2.61 bits per heavy atom. The summed E-state index contributed by atoms with van der Waals surface area (Å²) in [6.45, 7) is 4.16. The number of aliphatic hydroxyl groups is 1. The number of rotatable bonds is 10. The van der Waals surface area contributed by atoms with E-state index in [1.807, 2.05) is 6.07 Å². The van der Waals surface area contributed by atoms with Crippen molar-refractivity contribution in [3.8, 4) is 11.5 Å². The van der Waals surface area contributed by atoms with Crippen molar-refractivity contribution in [1.29, 1.82) is 0 Å². The molecule has 1 aliphatic rings. The zero-order valence-electron chi connectivity index (χ0n) is 22.9. The third-order valence-electron chi connectivity index (χ3n) is 6.72. The summed E-state index contributed by atoms with van der Waals surface area (Å²) in [5.74, 6) is -2.01. The number of anilines is 1. The molecule has 0 radical (unpaired) electrons. The summed E-state index contributed by atoms with van der Waals surface area (Å²) < 4.78 is 22.1. The number of esters is 1. The summed E-state index contributed by atoms with van der Waals surface area (Å²) in [4.78, 5) is 45.7. The van der Waals surface area contributed by atoms with Crippen LogP contribution < -0.4 is 14.4 Å². The first kappa shape index (κ1) is 27.9. The fourth-order valence-electron chi connectivity index (χ4n) is 4.64. The molecule has 1 aliphatic heterocycles. The van der Waals surface area contributed by atoms with Crippen molar-refractivity contribution in [2.45, 2.75) is 32.7 Å². The molecular formula is C30H28N2O8S. The number of unbranched alkanes of at least 4 members (excludes halogenated alkanes) is 1. The highest BCUT2D eigenvalue weighted by Gasteiger charge is 2.47. The average Bonchev–Trinajstić information content (AvgIpc) is 3.66. The topological polar surface area (TPSA) is 128 Å². The van der Waals surface area contributed by atoms with Gasteiger partial charge in [0.15, 0.2) is 28.1 Å². The SMILES string of the molecule is CCCCOc1ccc(C2C(C(=O)c3cc4ccccc4o3)=C(O)C(=O)N2c2nc(C)c(C(=O)OC)s2)cc1OC. The van der Waals surface area contributed by atoms with Gasteiger partial charge >= 0.3 is 5.97 Å². The van der Waals surface area contributed by atoms with Crippen LogP contribution in [0.2, 0.25) is 0 Å². The second-order valence-corrected chi connectivity index (χ2v) is 10.3. The van der Waals surface area contributed by atoms with Gasteiger partial charge in [-0.05, 0) is 43.2 Å². The average molecular weight is 577 g/mol. The fourth-order valence-corrected chi connectivity index (χ4v) is 5.66. The van der Waals surface area contributed by atoms with Gasteiger partial charge in [0, 0.05) is 5.39 Å². The number of benzene rings is 2. The van der Waals surface area contributed by atoms with Crippen molar-refractivity contribution >= 4 is 45.1 Å². The van der Waals surface area contributed by atoms with E-state index in [-0.39, 0.29) is 21.3 Å². The summed E-state index contributed by atoms with van der Waals surface area (Å²) in [5, 5.41) is 11.9. The van der Waals surface area contributed by atoms with Gasteiger partial charge in [-0.2, -0.15) is 0 Å². The molecule has 0 bridgehead atoms. The highest BCUT2D eigenvalue weighted by molar-refractivity contribution is 7.17. The van der Waals surface area contributed by atoms with Crippen LogP contribution in [0.1, 0.15) is 57.3 Å². The predicted octanol–water partition coefficient (Wildman–Crippen LogP) is 5.95. The summed E-state index contributed by atoms with van der Waals surface area (Å²) in [5.41, 5.74) is 1.09. The number of fused-ring (bicyclic) bond motifs is 1. The van der Waals surface area contributed by atoms with Crippen LogP contribution in [0, 0.1) is 6.92 Å². The van der Waals surface area contributed by atoms with Crippen LogP contribution in [-0.2, 0) is 9.53 Å². The lowest BCUT2D eigenvalue weighted by molar-refractivity contribution is -0.117. The number of ether oxygens (including phenoxy) is 3. The Morgan fingerprint density at radius 1 is 1.12 bits per heavy atom. The first-order valence-corrected chi connectivity index (χ1v) is 13.8. The normalized spacial score (nSPS) is 15.1. The van der Waals surface area contributed by atoms with Crippen molar-refractivity contribution in [2.24, 2.45) is 0 Å². The second-order valence-electron chi connectivity index (χ2n) is 9.33. The van der Waals surface area contributed by atoms with Crippen LogP contribution >= 0.6 is 11.3 Å². The maximum absolute atomic E-state index is 13.9. The molecular weight excluding hydrogens is 548 g/mol. The molecule has 0 aliphatic carbocycles. The quantitative estimate of drug-likeness (QED) is 0.138. The summed E-state index contributed by atoms with van der Waals surface area (Å²) in [7, 11) is 2.74. The molecule has 1 amide bonds. The van der Waals surface area contributed by atoms with Crippen molar-refractivity contribution < 1.29 is 38.1 Å². The maximum atomic E-state index is 13.9. The van der Waals surface area contributed by atoms with Gasteiger partial charge in [0.05, 0.1) is 38.1 Å². The van der Waals surface area contributed by atoms with E-state index in [9.17, 15) is 19.5 Å². The Bertz CT molecular complexity index is 1650. The molecule has 5 rings (SSSR count). The number of methoxy groups -OCH3 is 2. The number of aliphatic hydroxyl groups excluding tert-OH is 1. The summed E-state index contributed by atoms with van der Waals surface area (Å²) in [6.07, 6.45) is 1.81. The van der Waals surface area contributed by atoms with E-state index in [2.05, 4.69) is 11.9 Å². The van der Waals surface area contributed by atoms with Gasteiger partial charge < -0.3 is 23.7 Å². The number of nitrogens with zero attached hydrogens (tertiary/aromatic N) is 2. The van der Waals surface area contributed by atoms with Crippen LogP contribution in [0.3, 0.4) is 0 Å². The fraction of sp³-hybridized carbons (Fsp3) is 0.267. The number of carbonyl (C=O) groups excluding carboxylic acids is 3. The molecule has 0 saturated carbocycles. The van der Waals surface area contributed by atoms with Crippen LogP contribution in [-0.4, -0.2) is 48.6 Å². The lowest BCUT2D eigenvalue weighted by Crippen LogP contribution is -2.31. The van der Waals surface area contributed by atoms with Crippen molar-refractivity contribution in [3.05, 3.63) is 81.8 Å². The molecule has 0 spiro atoms. The number of furan rings is 1. The van der Waals surface area contributed by atoms with E-state index in [1.54, 1.807) is 49.4 Å². The number of carbonyl (C=O) groups is 3. The van der Waals surface area contributed by atoms with Crippen LogP contribution in [0.15, 0.2) is 64.3 Å². The third-order valence-corrected chi connectivity index (χ3v) is 7.86. The number of Topliss-reactive ketones (excluding diaryl/α,β-unsaturated/α-hetero) is 1. The zero-order valence-corrected chi connectivity index (χ0v) is 23.7. The largest absolute Gasteiger partial charge is 0.503 e. The van der Waals surface area contributed by atoms with Gasteiger partial charge in [-0.3, -0.25) is 14.5 Å². The number of aryl methyl sites for hydroxylation is 1. The Labute approximate surface area is 239 Å². The van der Waals surface area contributed by atoms with Gasteiger partial charge in [0.1, 0.15) is 10.5 Å². The molecule has 2 aromatic heterocycles. The van der Waals surface area contributed by atoms with Crippen molar-refractivity contribution in [1.82, 2.24) is 4.98 Å². The molecule has 0 fully saturated rings. The number of hydrogen-bond donors (Lipinski definition) is 1. The van der Waals surface area contributed by atoms with E-state index < -0.39 is 29.5 Å². The number of para-hydroxylation sites is 1. The lowest BCUT2D eigenvalue weighted by Gasteiger charge is -2.25. The minimum Gasteiger partial charge on any atom is -0.503 e. The Hall–Kier alpha value is -4.64. The van der Waals surface area contributed by atoms with Gasteiger partial charge in [-0.15, -0.1) is 0 Å². The van der Waals surface area contributed by atoms with Crippen molar-refractivity contribution in [2.75, 3.05) is 25.7 Å². The second kappa shape index (κ2) is 11.5. The highest BCUT2D eigenvalue weighted by atomic mass is 32.1. The molecule has 11 heteroatoms. The molecule has 41 heavy (non-hydrogen) atoms. The van der Waals surface area contributed by atoms with Crippen LogP contribution in [0.25, 0.3) is 11.0 Å². The number of hydrogen-bond acceptors (Lipinski definition) is 10. The molecule has 2 aromatic carbocycles. The zero-order chi connectivity index (χ0) is 29.3. The van der Waals surface area contributed by atoms with Gasteiger partial charge in [0.25, 0.3) is 5.91 Å². The Balaban J connectivity index is 1.64. The number of thiazole rings is 1. The van der Waals surface area contributed by atoms with Crippen LogP contribution in [0.5, 0.6) is 11.5 Å². The minimum atomic E-state index is -1.11. The molecule has 10 nitrogen and oxygen atoms in total.